The highest BCUT2D eigenvalue weighted by atomic mass is 19.1. The minimum Gasteiger partial charge on any atom is -0.370 e. The van der Waals surface area contributed by atoms with Crippen LogP contribution < -0.4 is 16.4 Å². The molecule has 2 aliphatic heterocycles. The van der Waals surface area contributed by atoms with E-state index in [0.29, 0.717) is 11.9 Å². The first-order chi connectivity index (χ1) is 10.1. The predicted octanol–water partition coefficient (Wildman–Crippen LogP) is 1.50. The van der Waals surface area contributed by atoms with Gasteiger partial charge in [-0.3, -0.25) is 4.99 Å². The molecule has 0 radical (unpaired) electrons. The number of rotatable bonds is 2. The van der Waals surface area contributed by atoms with Gasteiger partial charge in [0, 0.05) is 12.6 Å². The number of nitrogens with one attached hydrogen (secondary N) is 2. The summed E-state index contributed by atoms with van der Waals surface area (Å²) < 4.78 is 13.7. The van der Waals surface area contributed by atoms with E-state index < -0.39 is 6.17 Å². The maximum atomic E-state index is 13.7. The van der Waals surface area contributed by atoms with Crippen molar-refractivity contribution in [3.63, 3.8) is 0 Å². The molecule has 0 fully saturated rings. The lowest BCUT2D eigenvalue weighted by atomic mass is 9.77. The lowest BCUT2D eigenvalue weighted by molar-refractivity contribution is 0.231. The standard InChI is InChI=1S/C16H25FN4/c1-10-9-11(4-5-13(10)17)15-12(3-2-7-19-15)14-6-8-20-16(18)21-14/h3-5,10-11,13-15,19H,2,6-9H2,1H3,(H3,18,20,21)/t10-,11?,13?,14-,15?/m0/s1. The van der Waals surface area contributed by atoms with Crippen molar-refractivity contribution in [2.75, 3.05) is 13.1 Å². The Balaban J connectivity index is 1.77. The molecule has 0 aromatic rings. The van der Waals surface area contributed by atoms with E-state index in [1.165, 1.54) is 5.57 Å². The third kappa shape index (κ3) is 3.12. The molecule has 0 amide bonds. The molecule has 4 N–H and O–H groups in total. The summed E-state index contributed by atoms with van der Waals surface area (Å²) in [5.41, 5.74) is 7.20. The highest BCUT2D eigenvalue weighted by molar-refractivity contribution is 5.79. The Kier molecular flexibility index (Phi) is 4.29. The molecule has 1 aliphatic carbocycles. The van der Waals surface area contributed by atoms with Crippen LogP contribution in [0.3, 0.4) is 0 Å². The van der Waals surface area contributed by atoms with Crippen LogP contribution in [-0.4, -0.2) is 37.3 Å². The van der Waals surface area contributed by atoms with E-state index in [1.807, 2.05) is 6.92 Å². The van der Waals surface area contributed by atoms with Crippen LogP contribution >= 0.6 is 0 Å². The minimum absolute atomic E-state index is 0.0934. The Morgan fingerprint density at radius 1 is 1.38 bits per heavy atom. The summed E-state index contributed by atoms with van der Waals surface area (Å²) in [5, 5.41) is 6.92. The van der Waals surface area contributed by atoms with Gasteiger partial charge >= 0.3 is 0 Å². The van der Waals surface area contributed by atoms with Crippen LogP contribution in [0.25, 0.3) is 0 Å². The summed E-state index contributed by atoms with van der Waals surface area (Å²) in [7, 11) is 0. The lowest BCUT2D eigenvalue weighted by Crippen LogP contribution is -2.52. The van der Waals surface area contributed by atoms with Crippen molar-refractivity contribution in [3.05, 3.63) is 23.8 Å². The molecule has 116 valence electrons. The number of nitrogens with two attached hydrogens (primary N) is 1. The average Bonchev–Trinajstić information content (AvgIpc) is 2.50. The molecule has 0 saturated carbocycles. The number of halogens is 1. The number of allylic oxidation sites excluding steroid dienone is 1. The first kappa shape index (κ1) is 14.6. The molecule has 0 saturated heterocycles. The van der Waals surface area contributed by atoms with Crippen molar-refractivity contribution in [3.8, 4) is 0 Å². The lowest BCUT2D eigenvalue weighted by Gasteiger charge is -2.39. The summed E-state index contributed by atoms with van der Waals surface area (Å²) in [6.07, 6.45) is 8.23. The van der Waals surface area contributed by atoms with E-state index in [-0.39, 0.29) is 18.0 Å². The number of alkyl halides is 1. The summed E-state index contributed by atoms with van der Waals surface area (Å²) in [4.78, 5) is 4.21. The zero-order valence-corrected chi connectivity index (χ0v) is 12.6. The van der Waals surface area contributed by atoms with Gasteiger partial charge in [-0.15, -0.1) is 0 Å². The highest BCUT2D eigenvalue weighted by Gasteiger charge is 2.34. The summed E-state index contributed by atoms with van der Waals surface area (Å²) in [5.74, 6) is 0.990. The van der Waals surface area contributed by atoms with Crippen LogP contribution in [0.5, 0.6) is 0 Å². The van der Waals surface area contributed by atoms with Crippen LogP contribution in [-0.2, 0) is 0 Å². The van der Waals surface area contributed by atoms with E-state index in [2.05, 4.69) is 27.8 Å². The molecule has 5 atom stereocenters. The normalized spacial score (nSPS) is 40.2. The Morgan fingerprint density at radius 2 is 2.24 bits per heavy atom. The molecule has 3 rings (SSSR count). The monoisotopic (exact) mass is 292 g/mol. The van der Waals surface area contributed by atoms with Crippen molar-refractivity contribution in [2.45, 2.75) is 44.4 Å². The van der Waals surface area contributed by atoms with Gasteiger partial charge < -0.3 is 16.4 Å². The van der Waals surface area contributed by atoms with Crippen molar-refractivity contribution < 1.29 is 4.39 Å². The summed E-state index contributed by atoms with van der Waals surface area (Å²) in [6.45, 7) is 3.76. The van der Waals surface area contributed by atoms with E-state index in [0.717, 1.165) is 32.4 Å². The topological polar surface area (TPSA) is 62.4 Å². The van der Waals surface area contributed by atoms with Gasteiger partial charge in [-0.1, -0.05) is 25.2 Å². The second-order valence-electron chi connectivity index (χ2n) is 6.38. The fourth-order valence-electron chi connectivity index (χ4n) is 3.66. The molecule has 0 spiro atoms. The number of nitrogens with zero attached hydrogens (tertiary/aromatic N) is 1. The zero-order valence-electron chi connectivity index (χ0n) is 12.6. The summed E-state index contributed by atoms with van der Waals surface area (Å²) >= 11 is 0. The van der Waals surface area contributed by atoms with E-state index in [1.54, 1.807) is 6.08 Å². The van der Waals surface area contributed by atoms with Crippen LogP contribution in [0.1, 0.15) is 26.2 Å². The maximum Gasteiger partial charge on any atom is 0.189 e. The van der Waals surface area contributed by atoms with Gasteiger partial charge in [0.05, 0.1) is 6.04 Å². The van der Waals surface area contributed by atoms with Gasteiger partial charge in [0.2, 0.25) is 0 Å². The van der Waals surface area contributed by atoms with Gasteiger partial charge in [0.1, 0.15) is 6.17 Å². The first-order valence-corrected chi connectivity index (χ1v) is 7.97. The second-order valence-corrected chi connectivity index (χ2v) is 6.38. The van der Waals surface area contributed by atoms with Crippen molar-refractivity contribution in [1.82, 2.24) is 10.6 Å². The molecule has 0 bridgehead atoms. The second kappa shape index (κ2) is 6.18. The van der Waals surface area contributed by atoms with Crippen LogP contribution in [0.2, 0.25) is 0 Å². The Morgan fingerprint density at radius 3 is 3.00 bits per heavy atom. The largest absolute Gasteiger partial charge is 0.370 e. The third-order valence-corrected chi connectivity index (χ3v) is 4.83. The Hall–Kier alpha value is -1.36. The molecule has 5 heteroatoms. The smallest absolute Gasteiger partial charge is 0.189 e. The van der Waals surface area contributed by atoms with Crippen molar-refractivity contribution in [2.24, 2.45) is 22.6 Å². The Bertz CT molecular complexity index is 471. The first-order valence-electron chi connectivity index (χ1n) is 7.97. The molecular formula is C16H25FN4. The molecule has 3 unspecified atom stereocenters. The molecular weight excluding hydrogens is 267 g/mol. The van der Waals surface area contributed by atoms with Gasteiger partial charge in [0.15, 0.2) is 5.96 Å². The number of hydrogen-bond donors (Lipinski definition) is 3. The molecule has 21 heavy (non-hydrogen) atoms. The van der Waals surface area contributed by atoms with E-state index >= 15 is 0 Å². The maximum absolute atomic E-state index is 13.7. The minimum atomic E-state index is -0.798. The molecule has 0 aromatic carbocycles. The number of aliphatic imine (C=N–C) groups is 1. The van der Waals surface area contributed by atoms with Crippen LogP contribution in [0.4, 0.5) is 4.39 Å². The SMILES string of the molecule is C[C@H]1CC(C2NCCC=C2[C@@H]2CCN=C(N)N2)C=CC1F. The summed E-state index contributed by atoms with van der Waals surface area (Å²) in [6, 6.07) is 0.542. The van der Waals surface area contributed by atoms with Gasteiger partial charge in [-0.05, 0) is 43.2 Å². The van der Waals surface area contributed by atoms with E-state index in [9.17, 15) is 4.39 Å². The fourth-order valence-corrected chi connectivity index (χ4v) is 3.66. The van der Waals surface area contributed by atoms with Gasteiger partial charge in [0.25, 0.3) is 0 Å². The zero-order chi connectivity index (χ0) is 14.8. The fraction of sp³-hybridized carbons (Fsp3) is 0.688. The molecule has 3 aliphatic rings. The Labute approximate surface area is 125 Å². The molecule has 2 heterocycles. The van der Waals surface area contributed by atoms with Crippen LogP contribution in [0, 0.1) is 11.8 Å². The van der Waals surface area contributed by atoms with Gasteiger partial charge in [-0.2, -0.15) is 0 Å². The predicted molar refractivity (Wildman–Crippen MR) is 83.8 cm³/mol. The van der Waals surface area contributed by atoms with E-state index in [4.69, 9.17) is 5.73 Å². The molecule has 4 nitrogen and oxygen atoms in total. The van der Waals surface area contributed by atoms with Gasteiger partial charge in [-0.25, -0.2) is 4.39 Å². The molecule has 0 aromatic heterocycles. The highest BCUT2D eigenvalue weighted by Crippen LogP contribution is 2.32. The van der Waals surface area contributed by atoms with Crippen LogP contribution in [0.15, 0.2) is 28.8 Å². The number of hydrogen-bond acceptors (Lipinski definition) is 4. The number of guanidine groups is 1. The third-order valence-electron chi connectivity index (χ3n) is 4.83. The van der Waals surface area contributed by atoms with Crippen molar-refractivity contribution in [1.29, 1.82) is 0 Å². The average molecular weight is 292 g/mol. The quantitative estimate of drug-likeness (QED) is 0.676. The van der Waals surface area contributed by atoms with Crippen molar-refractivity contribution >= 4 is 5.96 Å².